The number of aromatic nitrogens is 4. The average Bonchev–Trinajstić information content (AvgIpc) is 3.13. The molecule has 31 heavy (non-hydrogen) atoms. The molecule has 0 unspecified atom stereocenters. The molecule has 0 aliphatic carbocycles. The van der Waals surface area contributed by atoms with Gasteiger partial charge >= 0.3 is 0 Å². The molecule has 0 amide bonds. The Morgan fingerprint density at radius 1 is 1.00 bits per heavy atom. The van der Waals surface area contributed by atoms with Gasteiger partial charge in [-0.05, 0) is 55.2 Å². The minimum atomic E-state index is -0.483. The minimum absolute atomic E-state index is 0.0999. The van der Waals surface area contributed by atoms with Crippen molar-refractivity contribution in [3.8, 4) is 0 Å². The van der Waals surface area contributed by atoms with Gasteiger partial charge in [-0.3, -0.25) is 4.90 Å². The van der Waals surface area contributed by atoms with Crippen LogP contribution in [0.25, 0.3) is 11.2 Å². The van der Waals surface area contributed by atoms with E-state index in [1.807, 2.05) is 17.8 Å². The summed E-state index contributed by atoms with van der Waals surface area (Å²) in [5.41, 5.74) is 2.45. The molecule has 3 saturated heterocycles. The van der Waals surface area contributed by atoms with Crippen LogP contribution in [0.5, 0.6) is 0 Å². The molecule has 0 radical (unpaired) electrons. The second-order valence-electron chi connectivity index (χ2n) is 9.41. The number of hydrogen-bond acceptors (Lipinski definition) is 5. The van der Waals surface area contributed by atoms with Crippen molar-refractivity contribution in [3.63, 3.8) is 0 Å². The van der Waals surface area contributed by atoms with Crippen molar-refractivity contribution in [2.75, 3.05) is 24.5 Å². The first-order chi connectivity index (χ1) is 15.0. The van der Waals surface area contributed by atoms with Crippen LogP contribution in [-0.4, -0.2) is 50.1 Å². The molecule has 4 atom stereocenters. The van der Waals surface area contributed by atoms with Gasteiger partial charge < -0.3 is 9.47 Å². The fraction of sp³-hybridized carbons (Fsp3) is 0.522. The molecule has 3 aromatic rings. The van der Waals surface area contributed by atoms with E-state index in [9.17, 15) is 8.78 Å². The summed E-state index contributed by atoms with van der Waals surface area (Å²) < 4.78 is 29.7. The third-order valence-electron chi connectivity index (χ3n) is 7.38. The predicted octanol–water partition coefficient (Wildman–Crippen LogP) is 3.69. The lowest BCUT2D eigenvalue weighted by atomic mass is 9.74. The largest absolute Gasteiger partial charge is 0.340 e. The number of fused-ring (bicyclic) bond motifs is 5. The van der Waals surface area contributed by atoms with E-state index in [1.165, 1.54) is 18.6 Å². The molecule has 2 aromatic heterocycles. The van der Waals surface area contributed by atoms with Crippen molar-refractivity contribution in [3.05, 3.63) is 47.9 Å². The smallest absolute Gasteiger partial charge is 0.227 e. The van der Waals surface area contributed by atoms with E-state index < -0.39 is 11.6 Å². The molecule has 3 aliphatic heterocycles. The highest BCUT2D eigenvalue weighted by atomic mass is 19.1. The van der Waals surface area contributed by atoms with Crippen LogP contribution >= 0.6 is 0 Å². The number of anilines is 1. The van der Waals surface area contributed by atoms with Crippen LogP contribution in [0.1, 0.15) is 37.3 Å². The summed E-state index contributed by atoms with van der Waals surface area (Å²) in [7, 11) is 1.95. The Morgan fingerprint density at radius 2 is 1.84 bits per heavy atom. The zero-order chi connectivity index (χ0) is 21.1. The fourth-order valence-electron chi connectivity index (χ4n) is 6.16. The van der Waals surface area contributed by atoms with Crippen molar-refractivity contribution in [1.82, 2.24) is 24.4 Å². The Morgan fingerprint density at radius 3 is 2.68 bits per heavy atom. The molecular formula is C23H26F2N6. The second-order valence-corrected chi connectivity index (χ2v) is 9.41. The van der Waals surface area contributed by atoms with Gasteiger partial charge in [0.2, 0.25) is 5.95 Å². The fourth-order valence-corrected chi connectivity index (χ4v) is 6.16. The summed E-state index contributed by atoms with van der Waals surface area (Å²) in [5, 5.41) is 0. The number of hydrogen-bond donors (Lipinski definition) is 0. The maximum Gasteiger partial charge on any atom is 0.227 e. The van der Waals surface area contributed by atoms with Gasteiger partial charge in [-0.2, -0.15) is 4.98 Å². The number of halogens is 2. The molecule has 162 valence electrons. The van der Waals surface area contributed by atoms with Crippen molar-refractivity contribution in [2.45, 2.75) is 37.8 Å². The van der Waals surface area contributed by atoms with Crippen LogP contribution in [0.4, 0.5) is 14.7 Å². The summed E-state index contributed by atoms with van der Waals surface area (Å²) in [6.45, 7) is 2.78. The van der Waals surface area contributed by atoms with Gasteiger partial charge in [0.1, 0.15) is 17.2 Å². The molecule has 1 aromatic carbocycles. The van der Waals surface area contributed by atoms with E-state index in [4.69, 9.17) is 4.98 Å². The van der Waals surface area contributed by atoms with E-state index in [-0.39, 0.29) is 6.04 Å². The van der Waals surface area contributed by atoms with Gasteiger partial charge in [-0.1, -0.05) is 0 Å². The zero-order valence-electron chi connectivity index (χ0n) is 17.6. The zero-order valence-corrected chi connectivity index (χ0v) is 17.6. The highest BCUT2D eigenvalue weighted by Crippen LogP contribution is 2.45. The molecular weight excluding hydrogens is 398 g/mol. The highest BCUT2D eigenvalue weighted by molar-refractivity contribution is 5.70. The first-order valence-corrected chi connectivity index (χ1v) is 11.2. The van der Waals surface area contributed by atoms with Gasteiger partial charge in [0.25, 0.3) is 0 Å². The standard InChI is InChI=1S/C23H26F2N6/c1-29-13-27-19-9-26-23(28-22(19)29)30-10-14-5-16(12-30)21-4-2-3-20(31(21)11-14)15-6-17(24)8-18(25)7-15/h6-9,13-14,16,20-21H,2-5,10-12H2,1H3/t14-,16+,20+,21-/m0/s1. The molecule has 3 aliphatic rings. The average molecular weight is 424 g/mol. The number of aryl methyl sites for hydroxylation is 1. The Bertz CT molecular complexity index is 1110. The number of nitrogens with zero attached hydrogens (tertiary/aromatic N) is 6. The van der Waals surface area contributed by atoms with Crippen molar-refractivity contribution < 1.29 is 8.78 Å². The van der Waals surface area contributed by atoms with Crippen LogP contribution in [0.15, 0.2) is 30.7 Å². The van der Waals surface area contributed by atoms with E-state index in [0.717, 1.165) is 67.6 Å². The monoisotopic (exact) mass is 424 g/mol. The first kappa shape index (κ1) is 19.1. The number of piperidine rings is 3. The highest BCUT2D eigenvalue weighted by Gasteiger charge is 2.45. The quantitative estimate of drug-likeness (QED) is 0.628. The first-order valence-electron chi connectivity index (χ1n) is 11.2. The van der Waals surface area contributed by atoms with Crippen LogP contribution in [0.3, 0.4) is 0 Å². The van der Waals surface area contributed by atoms with Gasteiger partial charge in [0.05, 0.1) is 12.5 Å². The van der Waals surface area contributed by atoms with E-state index in [0.29, 0.717) is 17.9 Å². The normalized spacial score (nSPS) is 28.7. The molecule has 0 spiro atoms. The summed E-state index contributed by atoms with van der Waals surface area (Å²) in [6, 6.07) is 4.53. The number of benzene rings is 1. The van der Waals surface area contributed by atoms with Crippen molar-refractivity contribution in [2.24, 2.45) is 18.9 Å². The number of imidazole rings is 1. The molecule has 3 fully saturated rings. The Hall–Kier alpha value is -2.61. The Balaban J connectivity index is 1.27. The molecule has 6 nitrogen and oxygen atoms in total. The lowest BCUT2D eigenvalue weighted by molar-refractivity contribution is -0.0203. The second kappa shape index (κ2) is 7.22. The van der Waals surface area contributed by atoms with Crippen LogP contribution in [0.2, 0.25) is 0 Å². The molecule has 0 saturated carbocycles. The molecule has 2 bridgehead atoms. The van der Waals surface area contributed by atoms with E-state index >= 15 is 0 Å². The van der Waals surface area contributed by atoms with Crippen LogP contribution < -0.4 is 4.90 Å². The minimum Gasteiger partial charge on any atom is -0.340 e. The topological polar surface area (TPSA) is 50.1 Å². The van der Waals surface area contributed by atoms with Gasteiger partial charge in [0, 0.05) is 44.8 Å². The lowest BCUT2D eigenvalue weighted by Gasteiger charge is -2.55. The van der Waals surface area contributed by atoms with Crippen molar-refractivity contribution in [1.29, 1.82) is 0 Å². The van der Waals surface area contributed by atoms with Crippen LogP contribution in [-0.2, 0) is 7.05 Å². The molecule has 5 heterocycles. The maximum atomic E-state index is 13.9. The van der Waals surface area contributed by atoms with E-state index in [2.05, 4.69) is 19.8 Å². The predicted molar refractivity (Wildman–Crippen MR) is 114 cm³/mol. The lowest BCUT2D eigenvalue weighted by Crippen LogP contribution is -2.60. The molecule has 6 rings (SSSR count). The van der Waals surface area contributed by atoms with Gasteiger partial charge in [-0.15, -0.1) is 0 Å². The summed E-state index contributed by atoms with van der Waals surface area (Å²) >= 11 is 0. The summed E-state index contributed by atoms with van der Waals surface area (Å²) in [4.78, 5) is 18.6. The SMILES string of the molecule is Cn1cnc2cnc(N3C[C@@H]4C[C@H](C3)[C@@H]3CCC[C@H](c5cc(F)cc(F)c5)N3C4)nc21. The van der Waals surface area contributed by atoms with Gasteiger partial charge in [-0.25, -0.2) is 18.7 Å². The Kier molecular flexibility index (Phi) is 4.45. The Labute approximate surface area is 179 Å². The summed E-state index contributed by atoms with van der Waals surface area (Å²) in [5.74, 6) is 0.824. The van der Waals surface area contributed by atoms with Gasteiger partial charge in [0.15, 0.2) is 5.65 Å². The third kappa shape index (κ3) is 3.28. The van der Waals surface area contributed by atoms with E-state index in [1.54, 1.807) is 6.33 Å². The molecule has 0 N–H and O–H groups in total. The van der Waals surface area contributed by atoms with Crippen LogP contribution in [0, 0.1) is 23.5 Å². The van der Waals surface area contributed by atoms with Crippen molar-refractivity contribution >= 4 is 17.1 Å². The maximum absolute atomic E-state index is 13.9. The molecule has 8 heteroatoms. The number of rotatable bonds is 2. The summed E-state index contributed by atoms with van der Waals surface area (Å²) in [6.07, 6.45) is 7.97. The third-order valence-corrected chi connectivity index (χ3v) is 7.38.